The third-order valence-electron chi connectivity index (χ3n) is 2.77. The Hall–Kier alpha value is -2.34. The van der Waals surface area contributed by atoms with Gasteiger partial charge in [0.05, 0.1) is 26.6 Å². The summed E-state index contributed by atoms with van der Waals surface area (Å²) in [6, 6.07) is 5.37. The first kappa shape index (κ1) is 15.1. The van der Waals surface area contributed by atoms with E-state index in [1.54, 1.807) is 26.4 Å². The molecule has 1 aromatic carbocycles. The van der Waals surface area contributed by atoms with Gasteiger partial charge in [-0.2, -0.15) is 0 Å². The van der Waals surface area contributed by atoms with E-state index in [0.717, 1.165) is 5.56 Å². The van der Waals surface area contributed by atoms with E-state index in [1.165, 1.54) is 12.4 Å². The van der Waals surface area contributed by atoms with Gasteiger partial charge in [0, 0.05) is 18.2 Å². The fourth-order valence-electron chi connectivity index (χ4n) is 1.72. The average Bonchev–Trinajstić information content (AvgIpc) is 2.52. The molecule has 0 bridgehead atoms. The van der Waals surface area contributed by atoms with Crippen molar-refractivity contribution in [3.05, 3.63) is 47.0 Å². The van der Waals surface area contributed by atoms with Crippen molar-refractivity contribution in [1.82, 2.24) is 15.3 Å². The average molecular weight is 308 g/mol. The first-order valence-corrected chi connectivity index (χ1v) is 6.48. The summed E-state index contributed by atoms with van der Waals surface area (Å²) in [5.74, 6) is 0.956. The molecular formula is C14H14ClN3O3. The molecule has 110 valence electrons. The van der Waals surface area contributed by atoms with Crippen LogP contribution in [0.3, 0.4) is 0 Å². The van der Waals surface area contributed by atoms with E-state index in [0.29, 0.717) is 18.0 Å². The van der Waals surface area contributed by atoms with Crippen LogP contribution in [0.2, 0.25) is 5.15 Å². The van der Waals surface area contributed by atoms with Gasteiger partial charge in [-0.05, 0) is 12.1 Å². The number of carbonyl (C=O) groups excluding carboxylic acids is 1. The number of hydrogen-bond donors (Lipinski definition) is 1. The second kappa shape index (κ2) is 6.90. The maximum Gasteiger partial charge on any atom is 0.271 e. The molecule has 0 unspecified atom stereocenters. The first-order valence-electron chi connectivity index (χ1n) is 6.10. The zero-order valence-electron chi connectivity index (χ0n) is 11.6. The number of carbonyl (C=O) groups is 1. The third kappa shape index (κ3) is 3.82. The Kier molecular flexibility index (Phi) is 4.94. The largest absolute Gasteiger partial charge is 0.497 e. The normalized spacial score (nSPS) is 10.0. The van der Waals surface area contributed by atoms with Crippen molar-refractivity contribution in [2.45, 2.75) is 6.54 Å². The van der Waals surface area contributed by atoms with Crippen molar-refractivity contribution in [3.8, 4) is 11.5 Å². The summed E-state index contributed by atoms with van der Waals surface area (Å²) in [6.45, 7) is 0.292. The molecule has 0 saturated heterocycles. The van der Waals surface area contributed by atoms with Crippen LogP contribution in [0.4, 0.5) is 0 Å². The van der Waals surface area contributed by atoms with Gasteiger partial charge >= 0.3 is 0 Å². The van der Waals surface area contributed by atoms with Crippen LogP contribution in [0, 0.1) is 0 Å². The van der Waals surface area contributed by atoms with Crippen LogP contribution in [0.1, 0.15) is 16.1 Å². The van der Waals surface area contributed by atoms with Crippen molar-refractivity contribution in [2.24, 2.45) is 0 Å². The van der Waals surface area contributed by atoms with Crippen LogP contribution >= 0.6 is 11.6 Å². The van der Waals surface area contributed by atoms with Crippen molar-refractivity contribution < 1.29 is 14.3 Å². The highest BCUT2D eigenvalue weighted by atomic mass is 35.5. The number of hydrogen-bond acceptors (Lipinski definition) is 5. The summed E-state index contributed by atoms with van der Waals surface area (Å²) in [5.41, 5.74) is 0.983. The Bertz CT molecular complexity index is 649. The zero-order valence-corrected chi connectivity index (χ0v) is 12.3. The summed E-state index contributed by atoms with van der Waals surface area (Å²) in [5, 5.41) is 2.90. The van der Waals surface area contributed by atoms with Crippen LogP contribution in [0.15, 0.2) is 30.6 Å². The summed E-state index contributed by atoms with van der Waals surface area (Å²) in [6.07, 6.45) is 2.72. The molecule has 6 nitrogen and oxygen atoms in total. The lowest BCUT2D eigenvalue weighted by Gasteiger charge is -2.11. The van der Waals surface area contributed by atoms with Gasteiger partial charge < -0.3 is 14.8 Å². The Morgan fingerprint density at radius 3 is 2.76 bits per heavy atom. The highest BCUT2D eigenvalue weighted by Gasteiger charge is 2.10. The number of amides is 1. The maximum absolute atomic E-state index is 12.0. The second-order valence-corrected chi connectivity index (χ2v) is 4.47. The minimum Gasteiger partial charge on any atom is -0.497 e. The lowest BCUT2D eigenvalue weighted by molar-refractivity contribution is 0.0945. The van der Waals surface area contributed by atoms with E-state index in [-0.39, 0.29) is 16.8 Å². The highest BCUT2D eigenvalue weighted by Crippen LogP contribution is 2.24. The van der Waals surface area contributed by atoms with Crippen molar-refractivity contribution in [3.63, 3.8) is 0 Å². The summed E-state index contributed by atoms with van der Waals surface area (Å²) < 4.78 is 10.4. The maximum atomic E-state index is 12.0. The highest BCUT2D eigenvalue weighted by molar-refractivity contribution is 6.29. The number of nitrogens with zero attached hydrogens (tertiary/aromatic N) is 2. The van der Waals surface area contributed by atoms with E-state index in [4.69, 9.17) is 21.1 Å². The minimum absolute atomic E-state index is 0.162. The molecule has 1 N–H and O–H groups in total. The summed E-state index contributed by atoms with van der Waals surface area (Å²) >= 11 is 5.70. The van der Waals surface area contributed by atoms with Crippen LogP contribution in [0.25, 0.3) is 0 Å². The monoisotopic (exact) mass is 307 g/mol. The van der Waals surface area contributed by atoms with Gasteiger partial charge in [-0.15, -0.1) is 0 Å². The molecule has 0 spiro atoms. The second-order valence-electron chi connectivity index (χ2n) is 4.09. The molecule has 0 radical (unpaired) electrons. The lowest BCUT2D eigenvalue weighted by atomic mass is 10.2. The minimum atomic E-state index is -0.358. The van der Waals surface area contributed by atoms with E-state index < -0.39 is 0 Å². The Labute approximate surface area is 127 Å². The fraction of sp³-hybridized carbons (Fsp3) is 0.214. The van der Waals surface area contributed by atoms with E-state index in [1.807, 2.05) is 6.07 Å². The predicted octanol–water partition coefficient (Wildman–Crippen LogP) is 2.08. The van der Waals surface area contributed by atoms with Gasteiger partial charge in [-0.3, -0.25) is 9.78 Å². The molecule has 1 aromatic heterocycles. The van der Waals surface area contributed by atoms with Crippen molar-refractivity contribution in [2.75, 3.05) is 14.2 Å². The molecule has 0 atom stereocenters. The number of methoxy groups -OCH3 is 2. The molecule has 1 amide bonds. The smallest absolute Gasteiger partial charge is 0.271 e. The number of aromatic nitrogens is 2. The lowest BCUT2D eigenvalue weighted by Crippen LogP contribution is -2.24. The fourth-order valence-corrected chi connectivity index (χ4v) is 1.86. The zero-order chi connectivity index (χ0) is 15.2. The first-order chi connectivity index (χ1) is 10.1. The van der Waals surface area contributed by atoms with Gasteiger partial charge in [0.2, 0.25) is 0 Å². The number of halogens is 1. The van der Waals surface area contributed by atoms with Crippen molar-refractivity contribution in [1.29, 1.82) is 0 Å². The van der Waals surface area contributed by atoms with E-state index in [2.05, 4.69) is 15.3 Å². The van der Waals surface area contributed by atoms with Crippen LogP contribution in [0.5, 0.6) is 11.5 Å². The number of nitrogens with one attached hydrogen (secondary N) is 1. The van der Waals surface area contributed by atoms with Gasteiger partial charge in [-0.1, -0.05) is 11.6 Å². The number of benzene rings is 1. The van der Waals surface area contributed by atoms with E-state index >= 15 is 0 Å². The van der Waals surface area contributed by atoms with Gasteiger partial charge in [0.15, 0.2) is 0 Å². The predicted molar refractivity (Wildman–Crippen MR) is 77.8 cm³/mol. The summed E-state index contributed by atoms with van der Waals surface area (Å²) in [4.78, 5) is 19.7. The summed E-state index contributed by atoms with van der Waals surface area (Å²) in [7, 11) is 3.14. The third-order valence-corrected chi connectivity index (χ3v) is 2.95. The molecule has 0 saturated carbocycles. The molecule has 1 heterocycles. The van der Waals surface area contributed by atoms with Gasteiger partial charge in [0.25, 0.3) is 5.91 Å². The van der Waals surface area contributed by atoms with Gasteiger partial charge in [-0.25, -0.2) is 4.98 Å². The van der Waals surface area contributed by atoms with Crippen LogP contribution in [-0.4, -0.2) is 30.1 Å². The Morgan fingerprint density at radius 1 is 1.29 bits per heavy atom. The molecular weight excluding hydrogens is 294 g/mol. The molecule has 2 rings (SSSR count). The molecule has 7 heteroatoms. The SMILES string of the molecule is COc1ccc(CNC(=O)c2cncc(Cl)n2)c(OC)c1. The Morgan fingerprint density at radius 2 is 2.10 bits per heavy atom. The molecule has 21 heavy (non-hydrogen) atoms. The van der Waals surface area contributed by atoms with Crippen molar-refractivity contribution >= 4 is 17.5 Å². The molecule has 0 aliphatic heterocycles. The molecule has 2 aromatic rings. The molecule has 0 aliphatic carbocycles. The number of rotatable bonds is 5. The van der Waals surface area contributed by atoms with Crippen LogP contribution < -0.4 is 14.8 Å². The molecule has 0 aliphatic rings. The quantitative estimate of drug-likeness (QED) is 0.915. The van der Waals surface area contributed by atoms with Gasteiger partial charge in [0.1, 0.15) is 22.3 Å². The topological polar surface area (TPSA) is 73.3 Å². The standard InChI is InChI=1S/C14H14ClN3O3/c1-20-10-4-3-9(12(5-10)21-2)6-17-14(19)11-7-16-8-13(15)18-11/h3-5,7-8H,6H2,1-2H3,(H,17,19). The van der Waals surface area contributed by atoms with Crippen LogP contribution in [-0.2, 0) is 6.54 Å². The van der Waals surface area contributed by atoms with E-state index in [9.17, 15) is 4.79 Å². The molecule has 0 fully saturated rings. The Balaban J connectivity index is 2.07. The number of ether oxygens (including phenoxy) is 2.